The minimum Gasteiger partial charge on any atom is -0.370 e. The zero-order valence-electron chi connectivity index (χ0n) is 6.32. The highest BCUT2D eigenvalue weighted by Gasteiger charge is 2.00. The number of rotatable bonds is 3. The normalized spacial score (nSPS) is 9.91. The maximum Gasteiger partial charge on any atom is 0.217 e. The van der Waals surface area contributed by atoms with E-state index in [2.05, 4.69) is 10.1 Å². The molecule has 2 N–H and O–H groups in total. The van der Waals surface area contributed by atoms with Crippen molar-refractivity contribution in [1.29, 1.82) is 0 Å². The van der Waals surface area contributed by atoms with Crippen LogP contribution in [0.2, 0.25) is 0 Å². The lowest BCUT2D eigenvalue weighted by Gasteiger charge is -1.89. The fourth-order valence-electron chi connectivity index (χ4n) is 0.733. The number of nitrogens with two attached hydrogens (primary N) is 1. The molecule has 1 aromatic heterocycles. The second-order valence-electron chi connectivity index (χ2n) is 2.30. The zero-order valence-corrected chi connectivity index (χ0v) is 6.32. The van der Waals surface area contributed by atoms with E-state index < -0.39 is 0 Å². The number of carbonyl (C=O) groups is 1. The molecule has 0 spiro atoms. The summed E-state index contributed by atoms with van der Waals surface area (Å²) in [4.78, 5) is 14.3. The summed E-state index contributed by atoms with van der Waals surface area (Å²) < 4.78 is 1.59. The van der Waals surface area contributed by atoms with Crippen LogP contribution >= 0.6 is 0 Å². The summed E-state index contributed by atoms with van der Waals surface area (Å²) in [6, 6.07) is 0. The molecule has 5 heteroatoms. The van der Waals surface area contributed by atoms with Crippen LogP contribution in [0.3, 0.4) is 0 Å². The van der Waals surface area contributed by atoms with Crippen LogP contribution < -0.4 is 5.73 Å². The van der Waals surface area contributed by atoms with E-state index in [4.69, 9.17) is 5.73 Å². The number of primary amides is 1. The molecule has 0 saturated heterocycles. The Morgan fingerprint density at radius 1 is 1.82 bits per heavy atom. The van der Waals surface area contributed by atoms with Crippen molar-refractivity contribution in [2.45, 2.75) is 12.8 Å². The first-order valence-electron chi connectivity index (χ1n) is 3.31. The average Bonchev–Trinajstić information content (AvgIpc) is 2.31. The minimum absolute atomic E-state index is 0.310. The second kappa shape index (κ2) is 3.14. The van der Waals surface area contributed by atoms with Gasteiger partial charge in [0.2, 0.25) is 5.91 Å². The largest absolute Gasteiger partial charge is 0.370 e. The first kappa shape index (κ1) is 7.71. The zero-order chi connectivity index (χ0) is 8.27. The number of aromatic nitrogens is 3. The van der Waals surface area contributed by atoms with Crippen molar-refractivity contribution in [3.05, 3.63) is 12.2 Å². The smallest absolute Gasteiger partial charge is 0.217 e. The molecule has 0 aliphatic rings. The van der Waals surface area contributed by atoms with Crippen molar-refractivity contribution in [3.63, 3.8) is 0 Å². The molecule has 0 saturated carbocycles. The summed E-state index contributed by atoms with van der Waals surface area (Å²) in [6.07, 6.45) is 2.43. The number of hydrogen-bond donors (Lipinski definition) is 1. The third kappa shape index (κ3) is 2.37. The molecular formula is C6H10N4O. The predicted octanol–water partition coefficient (Wildman–Crippen LogP) is -0.767. The summed E-state index contributed by atoms with van der Waals surface area (Å²) >= 11 is 0. The standard InChI is InChI=1S/C6H10N4O/c1-10-4-8-6(9-10)3-2-5(7)11/h4H,2-3H2,1H3,(H2,7,11). The first-order valence-corrected chi connectivity index (χ1v) is 3.31. The molecule has 1 aromatic rings. The molecule has 1 rings (SSSR count). The van der Waals surface area contributed by atoms with Gasteiger partial charge in [-0.1, -0.05) is 0 Å². The van der Waals surface area contributed by atoms with Gasteiger partial charge >= 0.3 is 0 Å². The summed E-state index contributed by atoms with van der Waals surface area (Å²) in [5, 5.41) is 3.98. The Hall–Kier alpha value is -1.39. The number of aryl methyl sites for hydroxylation is 2. The molecule has 1 heterocycles. The fraction of sp³-hybridized carbons (Fsp3) is 0.500. The minimum atomic E-state index is -0.322. The lowest BCUT2D eigenvalue weighted by molar-refractivity contribution is -0.118. The second-order valence-corrected chi connectivity index (χ2v) is 2.30. The number of hydrogen-bond acceptors (Lipinski definition) is 3. The first-order chi connectivity index (χ1) is 5.18. The van der Waals surface area contributed by atoms with Gasteiger partial charge in [-0.3, -0.25) is 9.48 Å². The van der Waals surface area contributed by atoms with E-state index in [1.165, 1.54) is 0 Å². The summed E-state index contributed by atoms with van der Waals surface area (Å²) in [5.41, 5.74) is 4.95. The quantitative estimate of drug-likeness (QED) is 0.621. The lowest BCUT2D eigenvalue weighted by atomic mass is 10.3. The molecule has 0 aromatic carbocycles. The highest BCUT2D eigenvalue weighted by molar-refractivity contribution is 5.73. The van der Waals surface area contributed by atoms with Crippen LogP contribution in [0, 0.1) is 0 Å². The Bertz CT molecular complexity index is 255. The Labute approximate surface area is 64.2 Å². The van der Waals surface area contributed by atoms with Crippen LogP contribution in [0.4, 0.5) is 0 Å². The van der Waals surface area contributed by atoms with Gasteiger partial charge in [0.1, 0.15) is 6.33 Å². The summed E-state index contributed by atoms with van der Waals surface area (Å²) in [6.45, 7) is 0. The molecule has 1 amide bonds. The van der Waals surface area contributed by atoms with E-state index in [-0.39, 0.29) is 5.91 Å². The van der Waals surface area contributed by atoms with Gasteiger partial charge in [0.15, 0.2) is 5.82 Å². The van der Waals surface area contributed by atoms with E-state index in [0.717, 1.165) is 0 Å². The molecule has 60 valence electrons. The van der Waals surface area contributed by atoms with Gasteiger partial charge in [-0.15, -0.1) is 0 Å². The van der Waals surface area contributed by atoms with Crippen molar-refractivity contribution < 1.29 is 4.79 Å². The number of amides is 1. The van der Waals surface area contributed by atoms with E-state index in [0.29, 0.717) is 18.7 Å². The molecule has 0 bridgehead atoms. The van der Waals surface area contributed by atoms with Gasteiger partial charge in [0.05, 0.1) is 0 Å². The number of nitrogens with zero attached hydrogens (tertiary/aromatic N) is 3. The predicted molar refractivity (Wildman–Crippen MR) is 38.5 cm³/mol. The highest BCUT2D eigenvalue weighted by atomic mass is 16.1. The van der Waals surface area contributed by atoms with E-state index in [1.54, 1.807) is 18.1 Å². The lowest BCUT2D eigenvalue weighted by Crippen LogP contribution is -2.11. The molecule has 5 nitrogen and oxygen atoms in total. The maximum absolute atomic E-state index is 10.3. The summed E-state index contributed by atoms with van der Waals surface area (Å²) in [7, 11) is 1.78. The van der Waals surface area contributed by atoms with Gasteiger partial charge in [0.25, 0.3) is 0 Å². The summed E-state index contributed by atoms with van der Waals surface area (Å²) in [5.74, 6) is 0.337. The van der Waals surface area contributed by atoms with Crippen LogP contribution in [0.25, 0.3) is 0 Å². The fourth-order valence-corrected chi connectivity index (χ4v) is 0.733. The van der Waals surface area contributed by atoms with Crippen LogP contribution in [0.1, 0.15) is 12.2 Å². The van der Waals surface area contributed by atoms with Gasteiger partial charge in [-0.25, -0.2) is 4.98 Å². The Morgan fingerprint density at radius 3 is 3.00 bits per heavy atom. The van der Waals surface area contributed by atoms with Crippen LogP contribution in [-0.4, -0.2) is 20.7 Å². The van der Waals surface area contributed by atoms with Crippen molar-refractivity contribution in [1.82, 2.24) is 14.8 Å². The molecular weight excluding hydrogens is 144 g/mol. The van der Waals surface area contributed by atoms with E-state index in [1.807, 2.05) is 0 Å². The number of carbonyl (C=O) groups excluding carboxylic acids is 1. The average molecular weight is 154 g/mol. The Balaban J connectivity index is 2.45. The van der Waals surface area contributed by atoms with E-state index >= 15 is 0 Å². The molecule has 0 fully saturated rings. The Kier molecular flexibility index (Phi) is 2.20. The maximum atomic E-state index is 10.3. The SMILES string of the molecule is Cn1cnc(CCC(N)=O)n1. The van der Waals surface area contributed by atoms with Gasteiger partial charge in [-0.05, 0) is 0 Å². The van der Waals surface area contributed by atoms with Crippen LogP contribution in [0.15, 0.2) is 6.33 Å². The van der Waals surface area contributed by atoms with Crippen molar-refractivity contribution in [2.24, 2.45) is 12.8 Å². The van der Waals surface area contributed by atoms with Gasteiger partial charge < -0.3 is 5.73 Å². The molecule has 0 atom stereocenters. The van der Waals surface area contributed by atoms with Crippen molar-refractivity contribution >= 4 is 5.91 Å². The molecule has 0 aliphatic heterocycles. The Morgan fingerprint density at radius 2 is 2.55 bits per heavy atom. The monoisotopic (exact) mass is 154 g/mol. The third-order valence-electron chi connectivity index (χ3n) is 1.24. The third-order valence-corrected chi connectivity index (χ3v) is 1.24. The molecule has 11 heavy (non-hydrogen) atoms. The van der Waals surface area contributed by atoms with Crippen LogP contribution in [0.5, 0.6) is 0 Å². The van der Waals surface area contributed by atoms with Crippen molar-refractivity contribution in [2.75, 3.05) is 0 Å². The highest BCUT2D eigenvalue weighted by Crippen LogP contribution is 1.92. The molecule has 0 radical (unpaired) electrons. The molecule has 0 unspecified atom stereocenters. The van der Waals surface area contributed by atoms with Crippen molar-refractivity contribution in [3.8, 4) is 0 Å². The van der Waals surface area contributed by atoms with Gasteiger partial charge in [-0.2, -0.15) is 5.10 Å². The topological polar surface area (TPSA) is 73.8 Å². The molecule has 0 aliphatic carbocycles. The van der Waals surface area contributed by atoms with Gasteiger partial charge in [0, 0.05) is 19.9 Å². The van der Waals surface area contributed by atoms with E-state index in [9.17, 15) is 4.79 Å². The van der Waals surface area contributed by atoms with Crippen LogP contribution in [-0.2, 0) is 18.3 Å².